The molecule has 7 heteroatoms. The highest BCUT2D eigenvalue weighted by Crippen LogP contribution is 2.17. The van der Waals surface area contributed by atoms with E-state index in [-0.39, 0.29) is 0 Å². The van der Waals surface area contributed by atoms with Gasteiger partial charge in [-0.05, 0) is 28.1 Å². The van der Waals surface area contributed by atoms with Crippen molar-refractivity contribution in [3.8, 4) is 0 Å². The van der Waals surface area contributed by atoms with Crippen molar-refractivity contribution in [2.75, 3.05) is 5.32 Å². The lowest BCUT2D eigenvalue weighted by atomic mass is 10.4. The van der Waals surface area contributed by atoms with Gasteiger partial charge in [0.25, 0.3) is 0 Å². The molecule has 0 aromatic carbocycles. The second-order valence-electron chi connectivity index (χ2n) is 3.64. The smallest absolute Gasteiger partial charge is 0.180 e. The number of imidazole rings is 1. The summed E-state index contributed by atoms with van der Waals surface area (Å²) in [5.41, 5.74) is 1.63. The molecule has 18 heavy (non-hydrogen) atoms. The summed E-state index contributed by atoms with van der Waals surface area (Å²) in [5.74, 6) is 0.708. The molecule has 0 atom stereocenters. The summed E-state index contributed by atoms with van der Waals surface area (Å²) in [6, 6.07) is 3.75. The van der Waals surface area contributed by atoms with Gasteiger partial charge in [0, 0.05) is 24.8 Å². The summed E-state index contributed by atoms with van der Waals surface area (Å²) >= 11 is 3.37. The van der Waals surface area contributed by atoms with Gasteiger partial charge in [0.15, 0.2) is 11.5 Å². The first-order chi connectivity index (χ1) is 8.83. The SMILES string of the molecule is Brc1cn2ccnc2c(NCc2cccnn2)n1. The van der Waals surface area contributed by atoms with Gasteiger partial charge in [-0.1, -0.05) is 0 Å². The molecule has 3 rings (SSSR count). The van der Waals surface area contributed by atoms with Crippen LogP contribution in [0.3, 0.4) is 0 Å². The van der Waals surface area contributed by atoms with E-state index in [1.807, 2.05) is 28.9 Å². The zero-order valence-electron chi connectivity index (χ0n) is 9.29. The second-order valence-corrected chi connectivity index (χ2v) is 4.45. The maximum absolute atomic E-state index is 4.36. The van der Waals surface area contributed by atoms with Crippen LogP contribution in [0.5, 0.6) is 0 Å². The van der Waals surface area contributed by atoms with Crippen molar-refractivity contribution in [1.82, 2.24) is 24.6 Å². The molecule has 3 aromatic rings. The van der Waals surface area contributed by atoms with Crippen molar-refractivity contribution in [3.63, 3.8) is 0 Å². The Hall–Kier alpha value is -2.02. The highest BCUT2D eigenvalue weighted by Gasteiger charge is 2.06. The molecule has 0 aliphatic heterocycles. The van der Waals surface area contributed by atoms with E-state index in [4.69, 9.17) is 0 Å². The van der Waals surface area contributed by atoms with Gasteiger partial charge in [0.2, 0.25) is 0 Å². The van der Waals surface area contributed by atoms with E-state index < -0.39 is 0 Å². The topological polar surface area (TPSA) is 68.0 Å². The fourth-order valence-electron chi connectivity index (χ4n) is 1.62. The summed E-state index contributed by atoms with van der Waals surface area (Å²) in [5, 5.41) is 11.0. The van der Waals surface area contributed by atoms with Gasteiger partial charge in [-0.3, -0.25) is 0 Å². The lowest BCUT2D eigenvalue weighted by Crippen LogP contribution is -2.06. The van der Waals surface area contributed by atoms with Crippen LogP contribution in [0.25, 0.3) is 5.65 Å². The van der Waals surface area contributed by atoms with E-state index >= 15 is 0 Å². The molecule has 90 valence electrons. The maximum Gasteiger partial charge on any atom is 0.180 e. The van der Waals surface area contributed by atoms with Crippen LogP contribution in [0.15, 0.2) is 41.5 Å². The second kappa shape index (κ2) is 4.69. The van der Waals surface area contributed by atoms with Crippen LogP contribution >= 0.6 is 15.9 Å². The summed E-state index contributed by atoms with van der Waals surface area (Å²) in [4.78, 5) is 8.62. The van der Waals surface area contributed by atoms with Gasteiger partial charge in [-0.15, -0.1) is 0 Å². The number of hydrogen-bond acceptors (Lipinski definition) is 5. The van der Waals surface area contributed by atoms with Gasteiger partial charge in [-0.2, -0.15) is 10.2 Å². The van der Waals surface area contributed by atoms with Crippen molar-refractivity contribution in [3.05, 3.63) is 47.2 Å². The quantitative estimate of drug-likeness (QED) is 0.800. The molecule has 0 radical (unpaired) electrons. The van der Waals surface area contributed by atoms with Crippen LogP contribution in [-0.2, 0) is 6.54 Å². The van der Waals surface area contributed by atoms with Crippen LogP contribution < -0.4 is 5.32 Å². The van der Waals surface area contributed by atoms with E-state index in [1.54, 1.807) is 12.4 Å². The minimum atomic E-state index is 0.555. The zero-order valence-corrected chi connectivity index (χ0v) is 10.9. The predicted octanol–water partition coefficient (Wildman–Crippen LogP) is 1.89. The minimum absolute atomic E-state index is 0.555. The standard InChI is InChI=1S/C11H9BrN6/c12-9-7-18-5-4-13-11(18)10(16-9)14-6-8-2-1-3-15-17-8/h1-5,7H,6H2,(H,14,16). The van der Waals surface area contributed by atoms with Crippen molar-refractivity contribution in [2.24, 2.45) is 0 Å². The first-order valence-electron chi connectivity index (χ1n) is 5.32. The highest BCUT2D eigenvalue weighted by atomic mass is 79.9. The maximum atomic E-state index is 4.36. The summed E-state index contributed by atoms with van der Waals surface area (Å²) in [6.07, 6.45) is 7.11. The third kappa shape index (κ3) is 2.17. The molecular weight excluding hydrogens is 296 g/mol. The van der Waals surface area contributed by atoms with Gasteiger partial charge < -0.3 is 9.72 Å². The first kappa shape index (κ1) is 11.1. The van der Waals surface area contributed by atoms with Crippen molar-refractivity contribution in [1.29, 1.82) is 0 Å². The molecule has 0 saturated heterocycles. The Labute approximate surface area is 111 Å². The molecule has 0 spiro atoms. The van der Waals surface area contributed by atoms with E-state index in [1.165, 1.54) is 0 Å². The molecule has 6 nitrogen and oxygen atoms in total. The molecule has 3 aromatic heterocycles. The molecule has 0 aliphatic carbocycles. The Morgan fingerprint density at radius 3 is 3.11 bits per heavy atom. The summed E-state index contributed by atoms with van der Waals surface area (Å²) < 4.78 is 2.64. The predicted molar refractivity (Wildman–Crippen MR) is 70.0 cm³/mol. The highest BCUT2D eigenvalue weighted by molar-refractivity contribution is 9.10. The van der Waals surface area contributed by atoms with Gasteiger partial charge in [-0.25, -0.2) is 9.97 Å². The van der Waals surface area contributed by atoms with Crippen molar-refractivity contribution >= 4 is 27.4 Å². The molecule has 0 aliphatic rings. The Kier molecular flexibility index (Phi) is 2.89. The zero-order chi connectivity index (χ0) is 12.4. The number of halogens is 1. The molecule has 0 unspecified atom stereocenters. The monoisotopic (exact) mass is 304 g/mol. The van der Waals surface area contributed by atoms with Crippen molar-refractivity contribution < 1.29 is 0 Å². The average Bonchev–Trinajstić information content (AvgIpc) is 2.85. The molecule has 0 saturated carbocycles. The van der Waals surface area contributed by atoms with E-state index in [0.29, 0.717) is 12.4 Å². The van der Waals surface area contributed by atoms with Crippen LogP contribution in [0.1, 0.15) is 5.69 Å². The van der Waals surface area contributed by atoms with E-state index in [2.05, 4.69) is 41.4 Å². The molecule has 3 heterocycles. The average molecular weight is 305 g/mol. The lowest BCUT2D eigenvalue weighted by molar-refractivity contribution is 0.918. The fourth-order valence-corrected chi connectivity index (χ4v) is 2.02. The first-order valence-corrected chi connectivity index (χ1v) is 6.12. The number of nitrogens with zero attached hydrogens (tertiary/aromatic N) is 5. The number of aromatic nitrogens is 5. The summed E-state index contributed by atoms with van der Waals surface area (Å²) in [7, 11) is 0. The third-order valence-electron chi connectivity index (χ3n) is 2.41. The normalized spacial score (nSPS) is 10.7. The molecule has 0 fully saturated rings. The van der Waals surface area contributed by atoms with Crippen LogP contribution in [0, 0.1) is 0 Å². The number of anilines is 1. The minimum Gasteiger partial charge on any atom is -0.361 e. The summed E-state index contributed by atoms with van der Waals surface area (Å²) in [6.45, 7) is 0.555. The molecule has 1 N–H and O–H groups in total. The molecule has 0 amide bonds. The number of hydrogen-bond donors (Lipinski definition) is 1. The van der Waals surface area contributed by atoms with Crippen LogP contribution in [0.4, 0.5) is 5.82 Å². The Balaban J connectivity index is 1.88. The van der Waals surface area contributed by atoms with Gasteiger partial charge in [0.1, 0.15) is 4.60 Å². The number of fused-ring (bicyclic) bond motifs is 1. The Bertz CT molecular complexity index is 666. The van der Waals surface area contributed by atoms with Gasteiger partial charge in [0.05, 0.1) is 12.2 Å². The van der Waals surface area contributed by atoms with Gasteiger partial charge >= 0.3 is 0 Å². The molecule has 0 bridgehead atoms. The lowest BCUT2D eigenvalue weighted by Gasteiger charge is -2.06. The van der Waals surface area contributed by atoms with Crippen molar-refractivity contribution in [2.45, 2.75) is 6.54 Å². The Morgan fingerprint density at radius 2 is 2.28 bits per heavy atom. The number of rotatable bonds is 3. The Morgan fingerprint density at radius 1 is 1.33 bits per heavy atom. The number of nitrogens with one attached hydrogen (secondary N) is 1. The largest absolute Gasteiger partial charge is 0.361 e. The molecular formula is C11H9BrN6. The van der Waals surface area contributed by atoms with E-state index in [0.717, 1.165) is 15.9 Å². The van der Waals surface area contributed by atoms with Crippen LogP contribution in [0.2, 0.25) is 0 Å². The third-order valence-corrected chi connectivity index (χ3v) is 2.79. The van der Waals surface area contributed by atoms with Crippen LogP contribution in [-0.4, -0.2) is 24.6 Å². The van der Waals surface area contributed by atoms with E-state index in [9.17, 15) is 0 Å². The fraction of sp³-hybridized carbons (Fsp3) is 0.0909.